The van der Waals surface area contributed by atoms with Crippen molar-refractivity contribution in [3.8, 4) is 11.5 Å². The molecule has 2 aromatic rings. The molecule has 0 bridgehead atoms. The molecule has 3 aliphatic rings. The van der Waals surface area contributed by atoms with E-state index in [0.29, 0.717) is 50.5 Å². The highest BCUT2D eigenvalue weighted by atomic mass is 16.5. The lowest BCUT2D eigenvalue weighted by atomic mass is 9.78. The average molecular weight is 578 g/mol. The highest BCUT2D eigenvalue weighted by Crippen LogP contribution is 2.36. The number of aromatic carboxylic acids is 1. The third-order valence-corrected chi connectivity index (χ3v) is 9.30. The number of hydrogen-bond donors (Lipinski definition) is 3. The Morgan fingerprint density at radius 1 is 1.05 bits per heavy atom. The van der Waals surface area contributed by atoms with E-state index in [9.17, 15) is 24.6 Å². The van der Waals surface area contributed by atoms with Crippen molar-refractivity contribution in [1.82, 2.24) is 15.1 Å². The molecular formula is C33H43N3O6. The number of likely N-dealkylation sites (tertiary alicyclic amines) is 1. The second kappa shape index (κ2) is 13.3. The van der Waals surface area contributed by atoms with Gasteiger partial charge in [0.05, 0.1) is 11.7 Å². The first kappa shape index (κ1) is 30.0. The molecule has 0 aromatic heterocycles. The van der Waals surface area contributed by atoms with Gasteiger partial charge in [0, 0.05) is 26.2 Å². The standard InChI is InChI=1S/C33H43N3O6/c1-2-3-18-36-30(38)28(29(37)24-8-5-4-6-9-24)34-32(41)33(36)16-19-35(20-17-33)22-23-12-14-26(15-13-23)42-27-11-7-10-25(21-27)31(39)40/h7,10-15,21,24,28-29,37H,2-6,8-9,16-20,22H2,1H3,(H,34,41)(H,39,40)/t28-,29-/m1/s1. The van der Waals surface area contributed by atoms with Crippen LogP contribution in [-0.2, 0) is 16.1 Å². The number of carboxylic acids is 1. The number of benzene rings is 2. The minimum Gasteiger partial charge on any atom is -0.478 e. The molecule has 3 N–H and O–H groups in total. The van der Waals surface area contributed by atoms with Crippen molar-refractivity contribution < 1.29 is 29.3 Å². The topological polar surface area (TPSA) is 119 Å². The van der Waals surface area contributed by atoms with Crippen LogP contribution in [0.5, 0.6) is 11.5 Å². The van der Waals surface area contributed by atoms with Crippen LogP contribution in [0.4, 0.5) is 0 Å². The Hall–Kier alpha value is -3.43. The van der Waals surface area contributed by atoms with E-state index in [-0.39, 0.29) is 23.3 Å². The van der Waals surface area contributed by atoms with Crippen molar-refractivity contribution in [2.45, 2.75) is 88.9 Å². The number of carboxylic acid groups (broad SMARTS) is 1. The molecule has 226 valence electrons. The molecule has 2 saturated heterocycles. The molecule has 5 rings (SSSR count). The summed E-state index contributed by atoms with van der Waals surface area (Å²) in [6.45, 7) is 4.69. The number of aliphatic hydroxyl groups excluding tert-OH is 1. The molecule has 1 aliphatic carbocycles. The summed E-state index contributed by atoms with van der Waals surface area (Å²) in [6.07, 6.45) is 7.12. The number of aliphatic hydroxyl groups is 1. The molecular weight excluding hydrogens is 534 g/mol. The maximum Gasteiger partial charge on any atom is 0.335 e. The van der Waals surface area contributed by atoms with Crippen LogP contribution in [0.15, 0.2) is 48.5 Å². The molecule has 42 heavy (non-hydrogen) atoms. The monoisotopic (exact) mass is 577 g/mol. The molecule has 2 atom stereocenters. The number of amides is 2. The van der Waals surface area contributed by atoms with Crippen molar-refractivity contribution in [3.05, 3.63) is 59.7 Å². The minimum absolute atomic E-state index is 0.0589. The number of unbranched alkanes of at least 4 members (excludes halogenated alkanes) is 1. The molecule has 1 spiro atoms. The van der Waals surface area contributed by atoms with Crippen LogP contribution in [0, 0.1) is 5.92 Å². The zero-order chi connectivity index (χ0) is 29.7. The number of piperazine rings is 1. The van der Waals surface area contributed by atoms with E-state index in [1.807, 2.05) is 29.2 Å². The quantitative estimate of drug-likeness (QED) is 0.378. The van der Waals surface area contributed by atoms with Crippen molar-refractivity contribution in [1.29, 1.82) is 0 Å². The van der Waals surface area contributed by atoms with E-state index in [0.717, 1.165) is 50.5 Å². The van der Waals surface area contributed by atoms with Crippen molar-refractivity contribution in [2.24, 2.45) is 5.92 Å². The van der Waals surface area contributed by atoms with Gasteiger partial charge in [0.2, 0.25) is 11.8 Å². The maximum atomic E-state index is 13.8. The Balaban J connectivity index is 1.21. The predicted octanol–water partition coefficient (Wildman–Crippen LogP) is 4.58. The third-order valence-electron chi connectivity index (χ3n) is 9.30. The van der Waals surface area contributed by atoms with Gasteiger partial charge in [-0.15, -0.1) is 0 Å². The first-order chi connectivity index (χ1) is 20.3. The third kappa shape index (κ3) is 6.47. The molecule has 9 heteroatoms. The van der Waals surface area contributed by atoms with Gasteiger partial charge in [-0.2, -0.15) is 0 Å². The first-order valence-electron chi connectivity index (χ1n) is 15.4. The van der Waals surface area contributed by atoms with Gasteiger partial charge in [-0.1, -0.05) is 50.8 Å². The largest absolute Gasteiger partial charge is 0.478 e. The summed E-state index contributed by atoms with van der Waals surface area (Å²) in [5.41, 5.74) is 0.401. The van der Waals surface area contributed by atoms with E-state index in [1.54, 1.807) is 12.1 Å². The smallest absolute Gasteiger partial charge is 0.335 e. The van der Waals surface area contributed by atoms with Gasteiger partial charge in [-0.25, -0.2) is 4.79 Å². The maximum absolute atomic E-state index is 13.8. The van der Waals surface area contributed by atoms with Crippen LogP contribution in [-0.4, -0.2) is 75.1 Å². The number of nitrogens with zero attached hydrogens (tertiary/aromatic N) is 2. The minimum atomic E-state index is -1.00. The van der Waals surface area contributed by atoms with Gasteiger partial charge in [0.1, 0.15) is 23.1 Å². The summed E-state index contributed by atoms with van der Waals surface area (Å²) in [6, 6.07) is 13.2. The number of ether oxygens (including phenoxy) is 1. The Kier molecular flexibility index (Phi) is 9.48. The Morgan fingerprint density at radius 3 is 2.43 bits per heavy atom. The normalized spacial score (nSPS) is 22.1. The van der Waals surface area contributed by atoms with Crippen molar-refractivity contribution >= 4 is 17.8 Å². The van der Waals surface area contributed by atoms with Crippen molar-refractivity contribution in [2.75, 3.05) is 19.6 Å². The highest BCUT2D eigenvalue weighted by molar-refractivity contribution is 6.00. The fraction of sp³-hybridized carbons (Fsp3) is 0.545. The van der Waals surface area contributed by atoms with E-state index in [4.69, 9.17) is 4.74 Å². The molecule has 0 unspecified atom stereocenters. The number of nitrogens with one attached hydrogen (secondary N) is 1. The fourth-order valence-electron chi connectivity index (χ4n) is 6.79. The van der Waals surface area contributed by atoms with Gasteiger partial charge < -0.3 is 25.2 Å². The van der Waals surface area contributed by atoms with E-state index < -0.39 is 23.7 Å². The zero-order valence-electron chi connectivity index (χ0n) is 24.5. The van der Waals surface area contributed by atoms with Crippen LogP contribution in [0.25, 0.3) is 0 Å². The highest BCUT2D eigenvalue weighted by Gasteiger charge is 2.55. The number of rotatable bonds is 10. The Labute approximate surface area is 247 Å². The van der Waals surface area contributed by atoms with E-state index in [1.165, 1.54) is 12.1 Å². The van der Waals surface area contributed by atoms with Crippen molar-refractivity contribution in [3.63, 3.8) is 0 Å². The van der Waals surface area contributed by atoms with Crippen LogP contribution in [0.2, 0.25) is 0 Å². The molecule has 0 radical (unpaired) electrons. The summed E-state index contributed by atoms with van der Waals surface area (Å²) < 4.78 is 5.84. The van der Waals surface area contributed by atoms with E-state index in [2.05, 4.69) is 17.1 Å². The summed E-state index contributed by atoms with van der Waals surface area (Å²) >= 11 is 0. The second-order valence-electron chi connectivity index (χ2n) is 12.1. The molecule has 2 aliphatic heterocycles. The van der Waals surface area contributed by atoms with Crippen LogP contribution in [0.3, 0.4) is 0 Å². The summed E-state index contributed by atoms with van der Waals surface area (Å²) in [5.74, 6) is -0.105. The van der Waals surface area contributed by atoms with Crippen LogP contribution < -0.4 is 10.1 Å². The summed E-state index contributed by atoms with van der Waals surface area (Å²) in [5, 5.41) is 23.3. The summed E-state index contributed by atoms with van der Waals surface area (Å²) in [7, 11) is 0. The van der Waals surface area contributed by atoms with Crippen LogP contribution in [0.1, 0.15) is 80.6 Å². The lowest BCUT2D eigenvalue weighted by Crippen LogP contribution is -2.75. The zero-order valence-corrected chi connectivity index (χ0v) is 24.5. The Morgan fingerprint density at radius 2 is 1.76 bits per heavy atom. The number of hydrogen-bond acceptors (Lipinski definition) is 6. The number of carbonyl (C=O) groups excluding carboxylic acids is 2. The van der Waals surface area contributed by atoms with Gasteiger partial charge >= 0.3 is 5.97 Å². The summed E-state index contributed by atoms with van der Waals surface area (Å²) in [4.78, 5) is 42.9. The molecule has 2 aromatic carbocycles. The molecule has 1 saturated carbocycles. The second-order valence-corrected chi connectivity index (χ2v) is 12.1. The molecule has 3 fully saturated rings. The molecule has 2 amide bonds. The molecule has 2 heterocycles. The van der Waals surface area contributed by atoms with Gasteiger partial charge in [0.15, 0.2) is 0 Å². The lowest BCUT2D eigenvalue weighted by Gasteiger charge is -2.52. The van der Waals surface area contributed by atoms with Gasteiger partial charge in [0.25, 0.3) is 0 Å². The predicted molar refractivity (Wildman–Crippen MR) is 158 cm³/mol. The number of carbonyl (C=O) groups is 3. The van der Waals surface area contributed by atoms with Gasteiger partial charge in [-0.05, 0) is 73.9 Å². The fourth-order valence-corrected chi connectivity index (χ4v) is 6.79. The lowest BCUT2D eigenvalue weighted by molar-refractivity contribution is -0.166. The van der Waals surface area contributed by atoms with Gasteiger partial charge in [-0.3, -0.25) is 14.5 Å². The van der Waals surface area contributed by atoms with E-state index >= 15 is 0 Å². The SMILES string of the molecule is CCCCN1C(=O)[C@@H]([C@H](O)C2CCCCC2)NC(=O)C12CCN(Cc1ccc(Oc3cccc(C(=O)O)c3)cc1)CC2. The molecule has 9 nitrogen and oxygen atoms in total. The number of piperidine rings is 1. The first-order valence-corrected chi connectivity index (χ1v) is 15.4. The Bertz CT molecular complexity index is 1250. The average Bonchev–Trinajstić information content (AvgIpc) is 3.01. The van der Waals surface area contributed by atoms with Crippen LogP contribution >= 0.6 is 0 Å².